The van der Waals surface area contributed by atoms with Crippen LogP contribution in [0, 0.1) is 10.7 Å². The van der Waals surface area contributed by atoms with E-state index < -0.39 is 0 Å². The Kier molecular flexibility index (Phi) is 4.39. The van der Waals surface area contributed by atoms with Gasteiger partial charge in [0.25, 0.3) is 0 Å². The molecule has 0 radical (unpaired) electrons. The van der Waals surface area contributed by atoms with E-state index in [1.807, 2.05) is 53.9 Å². The second-order valence-corrected chi connectivity index (χ2v) is 6.12. The summed E-state index contributed by atoms with van der Waals surface area (Å²) in [6, 6.07) is 14.9. The van der Waals surface area contributed by atoms with Crippen molar-refractivity contribution in [2.24, 2.45) is 0 Å². The van der Waals surface area contributed by atoms with Gasteiger partial charge in [-0.2, -0.15) is 5.26 Å². The SMILES string of the molecule is N#CSc1nc(-c2ccc(Cl)cc2)c(-c2ccc(Cl)cc2)[nH]1. The van der Waals surface area contributed by atoms with Gasteiger partial charge in [-0.25, -0.2) is 4.98 Å². The molecule has 1 heterocycles. The predicted octanol–water partition coefficient (Wildman–Crippen LogP) is 5.62. The molecule has 0 saturated heterocycles. The predicted molar refractivity (Wildman–Crippen MR) is 90.9 cm³/mol. The lowest BCUT2D eigenvalue weighted by Gasteiger charge is -2.03. The monoisotopic (exact) mass is 345 g/mol. The fourth-order valence-electron chi connectivity index (χ4n) is 2.09. The summed E-state index contributed by atoms with van der Waals surface area (Å²) in [6.45, 7) is 0. The van der Waals surface area contributed by atoms with Crippen LogP contribution in [0.3, 0.4) is 0 Å². The van der Waals surface area contributed by atoms with Crippen LogP contribution >= 0.6 is 35.0 Å². The lowest BCUT2D eigenvalue weighted by atomic mass is 10.1. The number of rotatable bonds is 3. The molecule has 0 aliphatic carbocycles. The maximum Gasteiger partial charge on any atom is 0.181 e. The van der Waals surface area contributed by atoms with E-state index in [-0.39, 0.29) is 0 Å². The summed E-state index contributed by atoms with van der Waals surface area (Å²) < 4.78 is 0. The normalized spacial score (nSPS) is 10.4. The molecule has 2 aromatic carbocycles. The van der Waals surface area contributed by atoms with Crippen LogP contribution in [0.15, 0.2) is 53.7 Å². The Morgan fingerprint density at radius 1 is 0.909 bits per heavy atom. The number of hydrogen-bond donors (Lipinski definition) is 1. The van der Waals surface area contributed by atoms with Crippen molar-refractivity contribution >= 4 is 35.0 Å². The van der Waals surface area contributed by atoms with Crippen LogP contribution in [-0.2, 0) is 0 Å². The van der Waals surface area contributed by atoms with E-state index in [9.17, 15) is 0 Å². The second kappa shape index (κ2) is 6.45. The van der Waals surface area contributed by atoms with E-state index >= 15 is 0 Å². The highest BCUT2D eigenvalue weighted by Gasteiger charge is 2.14. The van der Waals surface area contributed by atoms with E-state index in [2.05, 4.69) is 9.97 Å². The lowest BCUT2D eigenvalue weighted by Crippen LogP contribution is -1.83. The number of nitrogens with zero attached hydrogens (tertiary/aromatic N) is 2. The zero-order valence-corrected chi connectivity index (χ0v) is 13.5. The van der Waals surface area contributed by atoms with Gasteiger partial charge in [0.2, 0.25) is 0 Å². The van der Waals surface area contributed by atoms with Gasteiger partial charge in [0.1, 0.15) is 5.40 Å². The number of thioether (sulfide) groups is 1. The standard InChI is InChI=1S/C16H9Cl2N3S/c17-12-5-1-10(2-6-12)14-15(21-16(20-14)22-9-19)11-3-7-13(18)8-4-11/h1-8H,(H,20,21). The van der Waals surface area contributed by atoms with E-state index in [0.717, 1.165) is 34.3 Å². The molecular formula is C16H9Cl2N3S. The molecule has 0 spiro atoms. The fourth-order valence-corrected chi connectivity index (χ4v) is 2.71. The maximum absolute atomic E-state index is 8.85. The summed E-state index contributed by atoms with van der Waals surface area (Å²) in [7, 11) is 0. The molecule has 0 aliphatic rings. The summed E-state index contributed by atoms with van der Waals surface area (Å²) >= 11 is 12.9. The smallest absolute Gasteiger partial charge is 0.181 e. The summed E-state index contributed by atoms with van der Waals surface area (Å²) in [6.07, 6.45) is 0. The minimum absolute atomic E-state index is 0.553. The Balaban J connectivity index is 2.13. The number of thiocyanates is 1. The summed E-state index contributed by atoms with van der Waals surface area (Å²) in [5.74, 6) is 0. The van der Waals surface area contributed by atoms with Crippen molar-refractivity contribution in [2.45, 2.75) is 5.16 Å². The van der Waals surface area contributed by atoms with Crippen LogP contribution in [0.25, 0.3) is 22.5 Å². The first-order chi connectivity index (χ1) is 10.7. The Bertz CT molecular complexity index is 770. The van der Waals surface area contributed by atoms with E-state index in [1.165, 1.54) is 0 Å². The molecule has 0 fully saturated rings. The molecule has 1 aromatic heterocycles. The number of halogens is 2. The summed E-state index contributed by atoms with van der Waals surface area (Å²) in [5.41, 5.74) is 3.50. The van der Waals surface area contributed by atoms with Gasteiger partial charge < -0.3 is 4.98 Å². The molecule has 22 heavy (non-hydrogen) atoms. The van der Waals surface area contributed by atoms with Crippen molar-refractivity contribution in [1.82, 2.24) is 9.97 Å². The van der Waals surface area contributed by atoms with E-state index in [1.54, 1.807) is 0 Å². The molecule has 0 bridgehead atoms. The highest BCUT2D eigenvalue weighted by molar-refractivity contribution is 8.03. The number of benzene rings is 2. The number of imidazole rings is 1. The van der Waals surface area contributed by atoms with Crippen molar-refractivity contribution in [3.8, 4) is 27.9 Å². The molecule has 108 valence electrons. The highest BCUT2D eigenvalue weighted by atomic mass is 35.5. The van der Waals surface area contributed by atoms with Gasteiger partial charge in [-0.3, -0.25) is 0 Å². The Labute approximate surface area is 141 Å². The third kappa shape index (κ3) is 3.12. The molecule has 3 nitrogen and oxygen atoms in total. The molecule has 0 unspecified atom stereocenters. The molecule has 0 amide bonds. The first-order valence-corrected chi connectivity index (χ1v) is 7.92. The van der Waals surface area contributed by atoms with Gasteiger partial charge in [-0.05, 0) is 24.3 Å². The zero-order valence-electron chi connectivity index (χ0n) is 11.2. The van der Waals surface area contributed by atoms with Gasteiger partial charge in [0.05, 0.1) is 11.4 Å². The average molecular weight is 346 g/mol. The number of hydrogen-bond acceptors (Lipinski definition) is 3. The Morgan fingerprint density at radius 2 is 1.45 bits per heavy atom. The van der Waals surface area contributed by atoms with Crippen molar-refractivity contribution in [3.63, 3.8) is 0 Å². The Hall–Kier alpha value is -1.93. The van der Waals surface area contributed by atoms with E-state index in [4.69, 9.17) is 28.5 Å². The molecule has 0 atom stereocenters. The van der Waals surface area contributed by atoms with E-state index in [0.29, 0.717) is 15.2 Å². The van der Waals surface area contributed by atoms with Crippen molar-refractivity contribution in [3.05, 3.63) is 58.6 Å². The second-order valence-electron chi connectivity index (χ2n) is 4.47. The minimum Gasteiger partial charge on any atom is -0.332 e. The third-order valence-electron chi connectivity index (χ3n) is 3.07. The van der Waals surface area contributed by atoms with Gasteiger partial charge in [-0.15, -0.1) is 0 Å². The topological polar surface area (TPSA) is 52.5 Å². The average Bonchev–Trinajstić information content (AvgIpc) is 2.93. The molecule has 6 heteroatoms. The molecule has 0 saturated carbocycles. The molecular weight excluding hydrogens is 337 g/mol. The summed E-state index contributed by atoms with van der Waals surface area (Å²) in [4.78, 5) is 7.69. The van der Waals surface area contributed by atoms with Crippen LogP contribution < -0.4 is 0 Å². The molecule has 1 N–H and O–H groups in total. The number of nitrogens with one attached hydrogen (secondary N) is 1. The van der Waals surface area contributed by atoms with Crippen LogP contribution in [-0.4, -0.2) is 9.97 Å². The third-order valence-corrected chi connectivity index (χ3v) is 4.06. The number of nitriles is 1. The first-order valence-electron chi connectivity index (χ1n) is 6.35. The highest BCUT2D eigenvalue weighted by Crippen LogP contribution is 2.33. The first kappa shape index (κ1) is 15.0. The van der Waals surface area contributed by atoms with Crippen molar-refractivity contribution < 1.29 is 0 Å². The summed E-state index contributed by atoms with van der Waals surface area (Å²) in [5, 5.41) is 12.8. The molecule has 3 aromatic rings. The largest absolute Gasteiger partial charge is 0.332 e. The van der Waals surface area contributed by atoms with Gasteiger partial charge >= 0.3 is 0 Å². The number of aromatic amines is 1. The fraction of sp³-hybridized carbons (Fsp3) is 0. The van der Waals surface area contributed by atoms with Crippen LogP contribution in [0.5, 0.6) is 0 Å². The molecule has 3 rings (SSSR count). The molecule has 0 aliphatic heterocycles. The van der Waals surface area contributed by atoms with Crippen LogP contribution in [0.2, 0.25) is 10.0 Å². The van der Waals surface area contributed by atoms with Crippen molar-refractivity contribution in [2.75, 3.05) is 0 Å². The van der Waals surface area contributed by atoms with Gasteiger partial charge in [0.15, 0.2) is 5.16 Å². The minimum atomic E-state index is 0.553. The van der Waals surface area contributed by atoms with Gasteiger partial charge in [0, 0.05) is 32.9 Å². The maximum atomic E-state index is 8.85. The van der Waals surface area contributed by atoms with Gasteiger partial charge in [-0.1, -0.05) is 47.5 Å². The number of aromatic nitrogens is 2. The lowest BCUT2D eigenvalue weighted by molar-refractivity contribution is 1.07. The van der Waals surface area contributed by atoms with Crippen LogP contribution in [0.4, 0.5) is 0 Å². The van der Waals surface area contributed by atoms with Crippen molar-refractivity contribution in [1.29, 1.82) is 5.26 Å². The zero-order chi connectivity index (χ0) is 15.5. The van der Waals surface area contributed by atoms with Crippen LogP contribution in [0.1, 0.15) is 0 Å². The number of H-pyrrole nitrogens is 1. The Morgan fingerprint density at radius 3 is 2.00 bits per heavy atom. The quantitative estimate of drug-likeness (QED) is 0.494.